The molecule has 3 N–H and O–H groups in total. The summed E-state index contributed by atoms with van der Waals surface area (Å²) in [7, 11) is 3.61. The van der Waals surface area contributed by atoms with Crippen molar-refractivity contribution in [2.24, 2.45) is 27.8 Å². The van der Waals surface area contributed by atoms with Crippen LogP contribution < -0.4 is 37.4 Å². The monoisotopic (exact) mass is 674 g/mol. The van der Waals surface area contributed by atoms with Gasteiger partial charge >= 0.3 is 250 Å². The third-order valence-electron chi connectivity index (χ3n) is 10.1. The van der Waals surface area contributed by atoms with E-state index >= 15 is 0 Å². The summed E-state index contributed by atoms with van der Waals surface area (Å²) in [5.74, 6) is -0.147. The average Bonchev–Trinajstić information content (AvgIpc) is 3.29. The Bertz CT molecular complexity index is 1050. The van der Waals surface area contributed by atoms with Gasteiger partial charge in [-0.05, 0) is 0 Å². The number of hydrazone groups is 1. The fraction of sp³-hybridized carbons (Fsp3) is 0.793. The van der Waals surface area contributed by atoms with Gasteiger partial charge in [-0.15, -0.1) is 0 Å². The predicted molar refractivity (Wildman–Crippen MR) is 151 cm³/mol. The van der Waals surface area contributed by atoms with Crippen molar-refractivity contribution in [3.05, 3.63) is 20.9 Å². The topological polar surface area (TPSA) is 75.2 Å². The molecule has 0 aromatic rings. The molecule has 11 heteroatoms. The number of rotatable bonds is 6. The number of nitrogens with zero attached hydrogens (tertiary/aromatic N) is 4. The molecule has 0 aromatic heterocycles. The molecule has 2 fully saturated rings. The number of amides is 2. The third-order valence-corrected chi connectivity index (χ3v) is 13.4. The number of piperidine rings is 2. The second kappa shape index (κ2) is 12.0. The Morgan fingerprint density at radius 3 is 2.65 bits per heavy atom. The summed E-state index contributed by atoms with van der Waals surface area (Å²) in [6.07, 6.45) is 6.51. The van der Waals surface area contributed by atoms with Crippen molar-refractivity contribution < 1.29 is 35.1 Å². The molecule has 0 bridgehead atoms. The summed E-state index contributed by atoms with van der Waals surface area (Å²) in [6, 6.07) is 0.379. The van der Waals surface area contributed by atoms with Gasteiger partial charge in [0.05, 0.1) is 0 Å². The Hall–Kier alpha value is -1.47. The summed E-state index contributed by atoms with van der Waals surface area (Å²) in [5.41, 5.74) is 1.09. The number of alkyl halides is 2. The van der Waals surface area contributed by atoms with Crippen LogP contribution in [-0.4, -0.2) is 97.1 Å². The van der Waals surface area contributed by atoms with Crippen LogP contribution in [0.25, 0.3) is 0 Å². The third kappa shape index (κ3) is 5.75. The van der Waals surface area contributed by atoms with Gasteiger partial charge in [0, 0.05) is 0 Å². The van der Waals surface area contributed by atoms with E-state index in [9.17, 15) is 13.6 Å². The van der Waals surface area contributed by atoms with Crippen LogP contribution in [0.4, 0.5) is 13.6 Å². The molecule has 2 amide bonds. The van der Waals surface area contributed by atoms with Crippen molar-refractivity contribution in [2.75, 3.05) is 53.4 Å². The van der Waals surface area contributed by atoms with Gasteiger partial charge in [-0.1, -0.05) is 0 Å². The van der Waals surface area contributed by atoms with Crippen LogP contribution >= 0.6 is 0 Å². The number of carbonyl (C=O) groups excluding carboxylic acids is 1. The van der Waals surface area contributed by atoms with E-state index < -0.39 is 33.3 Å². The first-order valence-corrected chi connectivity index (χ1v) is 16.9. The summed E-state index contributed by atoms with van der Waals surface area (Å²) in [6.45, 7) is 11.6. The van der Waals surface area contributed by atoms with E-state index in [0.29, 0.717) is 31.2 Å². The van der Waals surface area contributed by atoms with Crippen LogP contribution in [0, 0.1) is 22.7 Å². The minimum atomic E-state index is -2.48. The first-order chi connectivity index (χ1) is 19.1. The molecule has 5 rings (SSSR count). The average molecular weight is 675 g/mol. The fourth-order valence-corrected chi connectivity index (χ4v) is 11.5. The zero-order valence-electron chi connectivity index (χ0n) is 24.7. The van der Waals surface area contributed by atoms with Gasteiger partial charge < -0.3 is 0 Å². The zero-order valence-corrected chi connectivity index (χ0v) is 26.8. The van der Waals surface area contributed by atoms with Gasteiger partial charge in [-0.2, -0.15) is 0 Å². The van der Waals surface area contributed by atoms with Crippen LogP contribution in [0.2, 0.25) is 0 Å². The quantitative estimate of drug-likeness (QED) is 0.217. The Labute approximate surface area is 249 Å². The second-order valence-corrected chi connectivity index (χ2v) is 15.9. The summed E-state index contributed by atoms with van der Waals surface area (Å²) >= 11 is -0.639. The fourth-order valence-electron chi connectivity index (χ4n) is 7.81. The van der Waals surface area contributed by atoms with E-state index in [4.69, 9.17) is 0 Å². The van der Waals surface area contributed by atoms with Crippen molar-refractivity contribution in [3.63, 3.8) is 0 Å². The number of allylic oxidation sites excluding steroid dienone is 1. The number of nitrogens with one attached hydrogen (secondary N) is 3. The molecule has 4 aliphatic heterocycles. The van der Waals surface area contributed by atoms with Crippen molar-refractivity contribution in [2.45, 2.75) is 71.4 Å². The second-order valence-electron chi connectivity index (χ2n) is 12.8. The summed E-state index contributed by atoms with van der Waals surface area (Å²) in [4.78, 5) is 14.5. The van der Waals surface area contributed by atoms with E-state index in [1.54, 1.807) is 7.05 Å². The molecule has 0 saturated carbocycles. The number of urea groups is 1. The number of hydrogen-bond acceptors (Lipinski definition) is 6. The first-order valence-electron chi connectivity index (χ1n) is 14.9. The molecule has 0 spiro atoms. The van der Waals surface area contributed by atoms with E-state index in [1.165, 1.54) is 9.28 Å². The predicted octanol–water partition coefficient (Wildman–Crippen LogP) is 0.454. The minimum absolute atomic E-state index is 0.0213. The SMILES string of the molecule is CNC(=O)N1CCC(NC2CCNCC2)=C([I-]N2CCCC3(C)C(C)C(C4(C)C=NN(C)C4)C(C(F)F)=CC23)C1. The number of carbonyl (C=O) groups is 1. The standard InChI is InChI=1S/C29H47F2IN7O/c1-19-25(28(2)17-35-37(5)18-28)21(26(30)31)15-24-29(19,3)10-6-13-39(24)32-22-16-38(27(40)33-4)14-9-23(22)36-20-7-11-34-12-8-20/h15,17,19-20,24-26,34,36H,6-14,16,18H2,1-5H3,(H,33,40)/q-1. The van der Waals surface area contributed by atoms with E-state index in [1.807, 2.05) is 29.2 Å². The van der Waals surface area contributed by atoms with Crippen LogP contribution in [0.3, 0.4) is 0 Å². The summed E-state index contributed by atoms with van der Waals surface area (Å²) < 4.78 is 33.5. The summed E-state index contributed by atoms with van der Waals surface area (Å²) in [5, 5.41) is 16.5. The Morgan fingerprint density at radius 2 is 2.00 bits per heavy atom. The molecule has 5 unspecified atom stereocenters. The van der Waals surface area contributed by atoms with Crippen molar-refractivity contribution >= 4 is 12.2 Å². The molecule has 8 nitrogen and oxygen atoms in total. The molecule has 4 heterocycles. The molecule has 2 saturated heterocycles. The maximum atomic E-state index is 14.8. The Morgan fingerprint density at radius 1 is 1.25 bits per heavy atom. The Kier molecular flexibility index (Phi) is 9.02. The van der Waals surface area contributed by atoms with Crippen molar-refractivity contribution in [1.29, 1.82) is 0 Å². The van der Waals surface area contributed by atoms with Crippen LogP contribution in [0.5, 0.6) is 0 Å². The van der Waals surface area contributed by atoms with Crippen LogP contribution in [0.15, 0.2) is 26.0 Å². The molecule has 1 aliphatic carbocycles. The van der Waals surface area contributed by atoms with Gasteiger partial charge in [0.1, 0.15) is 0 Å². The number of halogens is 3. The first kappa shape index (κ1) is 30.0. The van der Waals surface area contributed by atoms with Crippen molar-refractivity contribution in [1.82, 2.24) is 29.0 Å². The van der Waals surface area contributed by atoms with Crippen LogP contribution in [-0.2, 0) is 0 Å². The van der Waals surface area contributed by atoms with Gasteiger partial charge in [-0.3, -0.25) is 0 Å². The molecular weight excluding hydrogens is 627 g/mol. The normalized spacial score (nSPS) is 35.8. The van der Waals surface area contributed by atoms with Gasteiger partial charge in [0.15, 0.2) is 0 Å². The molecule has 40 heavy (non-hydrogen) atoms. The van der Waals surface area contributed by atoms with E-state index in [-0.39, 0.29) is 29.3 Å². The number of hydrogen-bond donors (Lipinski definition) is 3. The molecule has 5 aliphatic rings. The van der Waals surface area contributed by atoms with Gasteiger partial charge in [0.25, 0.3) is 0 Å². The molecule has 226 valence electrons. The maximum absolute atomic E-state index is 14.8. The van der Waals surface area contributed by atoms with Crippen molar-refractivity contribution in [3.8, 4) is 0 Å². The van der Waals surface area contributed by atoms with Gasteiger partial charge in [-0.25, -0.2) is 0 Å². The molecule has 0 aromatic carbocycles. The zero-order chi connectivity index (χ0) is 28.7. The van der Waals surface area contributed by atoms with E-state index in [0.717, 1.165) is 51.7 Å². The van der Waals surface area contributed by atoms with Crippen LogP contribution in [0.1, 0.15) is 52.9 Å². The van der Waals surface area contributed by atoms with E-state index in [2.05, 4.69) is 44.9 Å². The Balaban J connectivity index is 1.46. The molecule has 0 radical (unpaired) electrons. The molecular formula is C29H47F2IN7O-. The molecule has 5 atom stereocenters. The van der Waals surface area contributed by atoms with Gasteiger partial charge in [0.2, 0.25) is 0 Å². The number of fused-ring (bicyclic) bond motifs is 1.